The molecule has 4 heteroatoms. The maximum absolute atomic E-state index is 13.8. The molecule has 1 N–H and O–H groups in total. The van der Waals surface area contributed by atoms with E-state index in [1.807, 2.05) is 0 Å². The summed E-state index contributed by atoms with van der Waals surface area (Å²) in [6.07, 6.45) is 2.08. The van der Waals surface area contributed by atoms with Crippen LogP contribution in [0.1, 0.15) is 44.2 Å². The average Bonchev–Trinajstić information content (AvgIpc) is 2.16. The van der Waals surface area contributed by atoms with Gasteiger partial charge in [-0.25, -0.2) is 4.39 Å². The summed E-state index contributed by atoms with van der Waals surface area (Å²) in [5.74, 6) is -0.845. The minimum atomic E-state index is -1.47. The molecular weight excluding hydrogens is 255 g/mol. The first-order valence-electron chi connectivity index (χ1n) is 6.00. The smallest absolute Gasteiger partial charge is 0.314 e. The van der Waals surface area contributed by atoms with Gasteiger partial charge >= 0.3 is 5.97 Å². The fraction of sp³-hybridized carbons (Fsp3) is 0.500. The van der Waals surface area contributed by atoms with Gasteiger partial charge in [0.1, 0.15) is 5.67 Å². The average molecular weight is 271 g/mol. The summed E-state index contributed by atoms with van der Waals surface area (Å²) in [5, 5.41) is 9.71. The number of alkyl halides is 1. The molecule has 2 nitrogen and oxygen atoms in total. The second-order valence-corrected chi connectivity index (χ2v) is 5.82. The Labute approximate surface area is 111 Å². The zero-order valence-corrected chi connectivity index (χ0v) is 11.2. The van der Waals surface area contributed by atoms with Gasteiger partial charge in [0.15, 0.2) is 0 Å². The first-order valence-corrected chi connectivity index (χ1v) is 6.38. The van der Waals surface area contributed by atoms with E-state index in [9.17, 15) is 14.3 Å². The Bertz CT molecular complexity index is 487. The van der Waals surface area contributed by atoms with Gasteiger partial charge in [0.25, 0.3) is 0 Å². The van der Waals surface area contributed by atoms with E-state index >= 15 is 0 Å². The fourth-order valence-corrected chi connectivity index (χ4v) is 2.76. The molecule has 18 heavy (non-hydrogen) atoms. The van der Waals surface area contributed by atoms with Crippen LogP contribution in [-0.2, 0) is 15.9 Å². The van der Waals surface area contributed by atoms with E-state index in [0.29, 0.717) is 29.0 Å². The third-order valence-corrected chi connectivity index (χ3v) is 4.10. The van der Waals surface area contributed by atoms with E-state index < -0.39 is 17.1 Å². The molecule has 0 aliphatic heterocycles. The van der Waals surface area contributed by atoms with Gasteiger partial charge in [-0.05, 0) is 43.9 Å². The highest BCUT2D eigenvalue weighted by molar-refractivity contribution is 6.31. The second kappa shape index (κ2) is 4.23. The summed E-state index contributed by atoms with van der Waals surface area (Å²) in [6.45, 7) is 2.91. The lowest BCUT2D eigenvalue weighted by Gasteiger charge is -2.38. The maximum Gasteiger partial charge on any atom is 0.314 e. The van der Waals surface area contributed by atoms with Crippen molar-refractivity contribution >= 4 is 17.6 Å². The molecule has 98 valence electrons. The first-order chi connectivity index (χ1) is 8.27. The highest BCUT2D eigenvalue weighted by Crippen LogP contribution is 2.47. The molecule has 0 saturated heterocycles. The summed E-state index contributed by atoms with van der Waals surface area (Å²) in [6, 6.07) is 4.83. The van der Waals surface area contributed by atoms with Gasteiger partial charge in [-0.3, -0.25) is 4.79 Å². The molecule has 2 rings (SSSR count). The number of hydrogen-bond acceptors (Lipinski definition) is 1. The zero-order chi connectivity index (χ0) is 13.6. The molecule has 0 aromatic heterocycles. The van der Waals surface area contributed by atoms with Crippen LogP contribution >= 0.6 is 11.6 Å². The Morgan fingerprint density at radius 1 is 1.44 bits per heavy atom. The lowest BCUT2D eigenvalue weighted by molar-refractivity contribution is -0.147. The summed E-state index contributed by atoms with van der Waals surface area (Å²) < 4.78 is 13.8. The SMILES string of the molecule is CC(C)(F)c1ccc(C2(C(=O)O)CCC2)c(Cl)c1. The Balaban J connectivity index is 2.45. The minimum absolute atomic E-state index is 0.348. The number of carboxylic acids is 1. The van der Waals surface area contributed by atoms with Crippen molar-refractivity contribution in [2.75, 3.05) is 0 Å². The van der Waals surface area contributed by atoms with Crippen LogP contribution < -0.4 is 0 Å². The van der Waals surface area contributed by atoms with Crippen LogP contribution in [0.5, 0.6) is 0 Å². The summed E-state index contributed by atoms with van der Waals surface area (Å²) >= 11 is 6.15. The van der Waals surface area contributed by atoms with Crippen molar-refractivity contribution in [2.24, 2.45) is 0 Å². The molecule has 0 heterocycles. The van der Waals surface area contributed by atoms with Gasteiger partial charge in [-0.1, -0.05) is 30.2 Å². The van der Waals surface area contributed by atoms with Crippen molar-refractivity contribution in [3.63, 3.8) is 0 Å². The molecule has 0 unspecified atom stereocenters. The third-order valence-electron chi connectivity index (χ3n) is 3.79. The van der Waals surface area contributed by atoms with Crippen LogP contribution in [0.25, 0.3) is 0 Å². The van der Waals surface area contributed by atoms with Gasteiger partial charge < -0.3 is 5.11 Å². The predicted molar refractivity (Wildman–Crippen MR) is 68.8 cm³/mol. The van der Waals surface area contributed by atoms with Crippen LogP contribution in [0.15, 0.2) is 18.2 Å². The Morgan fingerprint density at radius 2 is 2.06 bits per heavy atom. The minimum Gasteiger partial charge on any atom is -0.481 e. The molecular formula is C14H16ClFO2. The van der Waals surface area contributed by atoms with Crippen molar-refractivity contribution < 1.29 is 14.3 Å². The van der Waals surface area contributed by atoms with E-state index in [-0.39, 0.29) is 0 Å². The van der Waals surface area contributed by atoms with Crippen molar-refractivity contribution in [3.8, 4) is 0 Å². The number of halogens is 2. The maximum atomic E-state index is 13.8. The number of benzene rings is 1. The summed E-state index contributed by atoms with van der Waals surface area (Å²) in [4.78, 5) is 11.4. The topological polar surface area (TPSA) is 37.3 Å². The normalized spacial score (nSPS) is 18.2. The van der Waals surface area contributed by atoms with Crippen LogP contribution in [0.4, 0.5) is 4.39 Å². The molecule has 1 fully saturated rings. The standard InChI is InChI=1S/C14H16ClFO2/c1-13(2,16)9-4-5-10(11(15)8-9)14(12(17)18)6-3-7-14/h4-5,8H,3,6-7H2,1-2H3,(H,17,18). The first kappa shape index (κ1) is 13.3. The largest absolute Gasteiger partial charge is 0.481 e. The summed E-state index contributed by atoms with van der Waals surface area (Å²) in [7, 11) is 0. The van der Waals surface area contributed by atoms with E-state index in [4.69, 9.17) is 11.6 Å². The van der Waals surface area contributed by atoms with Crippen LogP contribution in [-0.4, -0.2) is 11.1 Å². The molecule has 0 bridgehead atoms. The Kier molecular flexibility index (Phi) is 3.14. The zero-order valence-electron chi connectivity index (χ0n) is 10.5. The molecule has 1 aliphatic carbocycles. The molecule has 1 aromatic carbocycles. The highest BCUT2D eigenvalue weighted by Gasteiger charge is 2.47. The number of carboxylic acid groups (broad SMARTS) is 1. The van der Waals surface area contributed by atoms with Crippen molar-refractivity contribution in [3.05, 3.63) is 34.3 Å². The van der Waals surface area contributed by atoms with E-state index in [1.54, 1.807) is 18.2 Å². The Hall–Kier alpha value is -1.09. The van der Waals surface area contributed by atoms with E-state index in [2.05, 4.69) is 0 Å². The van der Waals surface area contributed by atoms with E-state index in [0.717, 1.165) is 6.42 Å². The van der Waals surface area contributed by atoms with Gasteiger partial charge in [-0.15, -0.1) is 0 Å². The molecule has 1 aromatic rings. The van der Waals surface area contributed by atoms with Gasteiger partial charge in [0.05, 0.1) is 5.41 Å². The molecule has 0 amide bonds. The Morgan fingerprint density at radius 3 is 2.39 bits per heavy atom. The van der Waals surface area contributed by atoms with Gasteiger partial charge in [-0.2, -0.15) is 0 Å². The van der Waals surface area contributed by atoms with Crippen LogP contribution in [0.2, 0.25) is 5.02 Å². The number of rotatable bonds is 3. The quantitative estimate of drug-likeness (QED) is 0.900. The number of aliphatic carboxylic acids is 1. The lowest BCUT2D eigenvalue weighted by atomic mass is 9.64. The van der Waals surface area contributed by atoms with Crippen molar-refractivity contribution in [1.29, 1.82) is 0 Å². The molecule has 0 atom stereocenters. The third kappa shape index (κ3) is 2.01. The molecule has 1 saturated carbocycles. The molecule has 1 aliphatic rings. The molecule has 0 spiro atoms. The van der Waals surface area contributed by atoms with Crippen molar-refractivity contribution in [2.45, 2.75) is 44.2 Å². The summed E-state index contributed by atoms with van der Waals surface area (Å²) in [5.41, 5.74) is -1.26. The van der Waals surface area contributed by atoms with Crippen LogP contribution in [0, 0.1) is 0 Å². The van der Waals surface area contributed by atoms with Gasteiger partial charge in [0, 0.05) is 5.02 Å². The monoisotopic (exact) mass is 270 g/mol. The highest BCUT2D eigenvalue weighted by atomic mass is 35.5. The van der Waals surface area contributed by atoms with E-state index in [1.165, 1.54) is 13.8 Å². The second-order valence-electron chi connectivity index (χ2n) is 5.41. The molecule has 0 radical (unpaired) electrons. The predicted octanol–water partition coefficient (Wildman–Crippen LogP) is 4.05. The number of hydrogen-bond donors (Lipinski definition) is 1. The van der Waals surface area contributed by atoms with Crippen molar-refractivity contribution in [1.82, 2.24) is 0 Å². The van der Waals surface area contributed by atoms with Crippen LogP contribution in [0.3, 0.4) is 0 Å². The number of carbonyl (C=O) groups is 1. The lowest BCUT2D eigenvalue weighted by Crippen LogP contribution is -2.42. The fourth-order valence-electron chi connectivity index (χ4n) is 2.40. The van der Waals surface area contributed by atoms with Gasteiger partial charge in [0.2, 0.25) is 0 Å².